The van der Waals surface area contributed by atoms with Crippen molar-refractivity contribution in [1.82, 2.24) is 19.5 Å². The van der Waals surface area contributed by atoms with E-state index in [4.69, 9.17) is 24.4 Å². The van der Waals surface area contributed by atoms with Crippen molar-refractivity contribution in [2.75, 3.05) is 25.1 Å². The smallest absolute Gasteiger partial charge is 0.387 e. The summed E-state index contributed by atoms with van der Waals surface area (Å²) in [5.74, 6) is 2.21. The first kappa shape index (κ1) is 24.9. The van der Waals surface area contributed by atoms with E-state index >= 15 is 0 Å². The van der Waals surface area contributed by atoms with Gasteiger partial charge in [0.1, 0.15) is 11.6 Å². The molecule has 3 atom stereocenters. The van der Waals surface area contributed by atoms with Crippen LogP contribution in [0.4, 0.5) is 14.7 Å². The van der Waals surface area contributed by atoms with Gasteiger partial charge in [0.25, 0.3) is 0 Å². The maximum atomic E-state index is 13.1. The predicted octanol–water partition coefficient (Wildman–Crippen LogP) is 5.27. The number of rotatable bonds is 6. The highest BCUT2D eigenvalue weighted by atomic mass is 19.3. The molecule has 2 aromatic heterocycles. The van der Waals surface area contributed by atoms with Crippen LogP contribution in [0.1, 0.15) is 36.7 Å². The van der Waals surface area contributed by atoms with Gasteiger partial charge in [0, 0.05) is 43.0 Å². The minimum absolute atomic E-state index is 0.0256. The Morgan fingerprint density at radius 3 is 2.48 bits per heavy atom. The summed E-state index contributed by atoms with van der Waals surface area (Å²) in [6.07, 6.45) is 7.23. The molecule has 4 heterocycles. The van der Waals surface area contributed by atoms with Gasteiger partial charge >= 0.3 is 12.6 Å². The first-order chi connectivity index (χ1) is 19.5. The number of hydrogen-bond donors (Lipinski definition) is 0. The molecule has 2 unspecified atom stereocenters. The van der Waals surface area contributed by atoms with E-state index in [1.54, 1.807) is 12.1 Å². The Hall–Kier alpha value is -4.08. The van der Waals surface area contributed by atoms with Crippen LogP contribution in [0.5, 0.6) is 5.75 Å². The maximum Gasteiger partial charge on any atom is 0.387 e. The first-order valence-corrected chi connectivity index (χ1v) is 13.7. The molecule has 10 heteroatoms. The summed E-state index contributed by atoms with van der Waals surface area (Å²) in [5.41, 5.74) is 4.35. The van der Waals surface area contributed by atoms with Gasteiger partial charge in [-0.05, 0) is 54.9 Å². The number of aryl methyl sites for hydroxylation is 1. The van der Waals surface area contributed by atoms with Crippen LogP contribution in [0.25, 0.3) is 22.2 Å². The van der Waals surface area contributed by atoms with Gasteiger partial charge in [-0.1, -0.05) is 24.3 Å². The highest BCUT2D eigenvalue weighted by Crippen LogP contribution is 2.44. The number of alkyl halides is 2. The first-order valence-electron chi connectivity index (χ1n) is 13.7. The van der Waals surface area contributed by atoms with E-state index in [1.165, 1.54) is 7.11 Å². The average molecular weight is 546 g/mol. The van der Waals surface area contributed by atoms with Crippen molar-refractivity contribution in [1.29, 1.82) is 0 Å². The number of imidazole rings is 1. The molecule has 2 aliphatic heterocycles. The quantitative estimate of drug-likeness (QED) is 0.306. The average Bonchev–Trinajstić information content (AvgIpc) is 3.62. The molecule has 40 heavy (non-hydrogen) atoms. The summed E-state index contributed by atoms with van der Waals surface area (Å²) in [5, 5.41) is 0. The van der Waals surface area contributed by atoms with Gasteiger partial charge < -0.3 is 18.9 Å². The summed E-state index contributed by atoms with van der Waals surface area (Å²) in [6, 6.07) is 12.9. The highest BCUT2D eigenvalue weighted by molar-refractivity contribution is 5.83. The fourth-order valence-corrected chi connectivity index (χ4v) is 7.04. The van der Waals surface area contributed by atoms with E-state index in [0.29, 0.717) is 5.95 Å². The number of para-hydroxylation sites is 1. The Kier molecular flexibility index (Phi) is 6.13. The van der Waals surface area contributed by atoms with E-state index in [1.807, 2.05) is 36.7 Å². The molecule has 0 N–H and O–H groups in total. The van der Waals surface area contributed by atoms with Gasteiger partial charge in [-0.2, -0.15) is 8.78 Å². The topological polar surface area (TPSA) is 82.4 Å². The lowest BCUT2D eigenvalue weighted by molar-refractivity contribution is -0.148. The normalized spacial score (nSPS) is 23.6. The van der Waals surface area contributed by atoms with Crippen LogP contribution >= 0.6 is 0 Å². The lowest BCUT2D eigenvalue weighted by Crippen LogP contribution is -2.45. The van der Waals surface area contributed by atoms with Gasteiger partial charge in [0.2, 0.25) is 5.95 Å². The van der Waals surface area contributed by atoms with Crippen LogP contribution in [-0.2, 0) is 16.0 Å². The number of fused-ring (bicyclic) bond motifs is 5. The number of aromatic nitrogens is 4. The SMILES string of the molecule is COC(=O)C1C2CCC1CN(c1ncc(-c3ccc4nc5n(c4c3)[C@@H](c3ccccc3OC(F)F)CC5)cn1)C2. The third kappa shape index (κ3) is 4.17. The Morgan fingerprint density at radius 1 is 1.00 bits per heavy atom. The monoisotopic (exact) mass is 545 g/mol. The minimum Gasteiger partial charge on any atom is -0.469 e. The lowest BCUT2D eigenvalue weighted by atomic mass is 9.85. The van der Waals surface area contributed by atoms with Crippen molar-refractivity contribution in [3.63, 3.8) is 0 Å². The number of anilines is 1. The number of methoxy groups -OCH3 is 1. The molecule has 2 aromatic carbocycles. The van der Waals surface area contributed by atoms with Crippen molar-refractivity contribution in [3.05, 3.63) is 66.2 Å². The molecular weight excluding hydrogens is 516 g/mol. The van der Waals surface area contributed by atoms with E-state index in [2.05, 4.69) is 15.5 Å². The van der Waals surface area contributed by atoms with Crippen LogP contribution in [0, 0.1) is 17.8 Å². The van der Waals surface area contributed by atoms with E-state index in [0.717, 1.165) is 72.3 Å². The molecule has 0 spiro atoms. The van der Waals surface area contributed by atoms with Gasteiger partial charge in [-0.15, -0.1) is 0 Å². The fourth-order valence-electron chi connectivity index (χ4n) is 7.04. The molecule has 1 saturated heterocycles. The molecule has 7 rings (SSSR count). The Bertz CT molecular complexity index is 1560. The second-order valence-corrected chi connectivity index (χ2v) is 10.9. The van der Waals surface area contributed by atoms with Gasteiger partial charge in [0.05, 0.1) is 30.1 Å². The number of carbonyl (C=O) groups excluding carboxylic acids is 1. The van der Waals surface area contributed by atoms with Gasteiger partial charge in [-0.25, -0.2) is 15.0 Å². The molecule has 1 aliphatic carbocycles. The zero-order valence-electron chi connectivity index (χ0n) is 22.0. The zero-order valence-corrected chi connectivity index (χ0v) is 22.0. The highest BCUT2D eigenvalue weighted by Gasteiger charge is 2.47. The fraction of sp³-hybridized carbons (Fsp3) is 0.400. The zero-order chi connectivity index (χ0) is 27.4. The van der Waals surface area contributed by atoms with E-state index in [9.17, 15) is 13.6 Å². The molecule has 4 aromatic rings. The lowest BCUT2D eigenvalue weighted by Gasteiger charge is -2.36. The predicted molar refractivity (Wildman–Crippen MR) is 144 cm³/mol. The van der Waals surface area contributed by atoms with Crippen molar-refractivity contribution in [3.8, 4) is 16.9 Å². The summed E-state index contributed by atoms with van der Waals surface area (Å²) >= 11 is 0. The summed E-state index contributed by atoms with van der Waals surface area (Å²) in [6.45, 7) is -1.38. The van der Waals surface area contributed by atoms with Crippen LogP contribution < -0.4 is 9.64 Å². The molecule has 2 bridgehead atoms. The maximum absolute atomic E-state index is 13.1. The molecule has 8 nitrogen and oxygen atoms in total. The second kappa shape index (κ2) is 9.83. The molecule has 1 saturated carbocycles. The van der Waals surface area contributed by atoms with Crippen molar-refractivity contribution >= 4 is 23.0 Å². The number of halogens is 2. The number of ether oxygens (including phenoxy) is 2. The van der Waals surface area contributed by atoms with Crippen molar-refractivity contribution in [2.24, 2.45) is 17.8 Å². The molecule has 206 valence electrons. The Morgan fingerprint density at radius 2 is 1.75 bits per heavy atom. The van der Waals surface area contributed by atoms with Crippen molar-refractivity contribution in [2.45, 2.75) is 38.3 Å². The van der Waals surface area contributed by atoms with Crippen LogP contribution in [0.3, 0.4) is 0 Å². The molecule has 0 amide bonds. The number of piperidine rings is 1. The summed E-state index contributed by atoms with van der Waals surface area (Å²) in [7, 11) is 1.46. The number of hydrogen-bond acceptors (Lipinski definition) is 7. The van der Waals surface area contributed by atoms with Crippen LogP contribution in [0.15, 0.2) is 54.9 Å². The second-order valence-electron chi connectivity index (χ2n) is 10.9. The third-order valence-corrected chi connectivity index (χ3v) is 8.77. The number of benzene rings is 2. The Labute approximate surface area is 230 Å². The summed E-state index contributed by atoms with van der Waals surface area (Å²) < 4.78 is 38.2. The van der Waals surface area contributed by atoms with Crippen LogP contribution in [0.2, 0.25) is 0 Å². The number of nitrogens with zero attached hydrogens (tertiary/aromatic N) is 5. The molecule has 0 radical (unpaired) electrons. The molecule has 2 fully saturated rings. The summed E-state index contributed by atoms with van der Waals surface area (Å²) in [4.78, 5) is 28.7. The molecular formula is C30H29F2N5O3. The Balaban J connectivity index is 1.16. The number of esters is 1. The minimum atomic E-state index is -2.88. The van der Waals surface area contributed by atoms with Crippen molar-refractivity contribution < 1.29 is 23.0 Å². The molecule has 3 aliphatic rings. The standard InChI is InChI=1S/C30H29F2N5O3/c1-39-28(38)27-18-6-7-19(27)16-36(15-18)30-33-13-20(14-34-30)17-8-9-22-24(12-17)37-23(10-11-26(37)35-22)21-4-2-3-5-25(21)40-29(31)32/h2-5,8-9,12-14,18-19,23,27,29H,6-7,10-11,15-16H2,1H3/t18?,19?,23-,27?/m1/s1. The largest absolute Gasteiger partial charge is 0.469 e. The number of carbonyl (C=O) groups is 1. The van der Waals surface area contributed by atoms with E-state index < -0.39 is 6.61 Å². The van der Waals surface area contributed by atoms with Gasteiger partial charge in [0.15, 0.2) is 0 Å². The van der Waals surface area contributed by atoms with Gasteiger partial charge in [-0.3, -0.25) is 4.79 Å². The van der Waals surface area contributed by atoms with E-state index in [-0.39, 0.29) is 35.5 Å². The third-order valence-electron chi connectivity index (χ3n) is 8.77. The van der Waals surface area contributed by atoms with Crippen LogP contribution in [-0.4, -0.2) is 52.3 Å².